The molecule has 5 atom stereocenters. The van der Waals surface area contributed by atoms with E-state index in [2.05, 4.69) is 31.3 Å². The van der Waals surface area contributed by atoms with E-state index in [1.54, 1.807) is 24.3 Å². The summed E-state index contributed by atoms with van der Waals surface area (Å²) in [7, 11) is 0. The summed E-state index contributed by atoms with van der Waals surface area (Å²) >= 11 is 1.47. The van der Waals surface area contributed by atoms with E-state index < -0.39 is 24.2 Å². The summed E-state index contributed by atoms with van der Waals surface area (Å²) < 4.78 is 0. The summed E-state index contributed by atoms with van der Waals surface area (Å²) in [6.07, 6.45) is 5.55. The first-order valence-electron chi connectivity index (χ1n) is 14.9. The smallest absolute Gasteiger partial charge is 0.406 e. The summed E-state index contributed by atoms with van der Waals surface area (Å²) in [6.45, 7) is 10.0. The molecular weight excluding hydrogens is 570 g/mol. The lowest BCUT2D eigenvalue weighted by molar-refractivity contribution is -0.129. The van der Waals surface area contributed by atoms with Gasteiger partial charge in [0.2, 0.25) is 11.8 Å². The lowest BCUT2D eigenvalue weighted by Crippen LogP contribution is -2.67. The van der Waals surface area contributed by atoms with Crippen LogP contribution in [-0.2, 0) is 27.3 Å². The Hall–Kier alpha value is -3.42. The number of carbonyl (C=O) groups excluding carboxylic acids is 3. The Morgan fingerprint density at radius 2 is 1.84 bits per heavy atom. The summed E-state index contributed by atoms with van der Waals surface area (Å²) in [4.78, 5) is 58.5. The van der Waals surface area contributed by atoms with Gasteiger partial charge in [-0.15, -0.1) is 11.3 Å². The van der Waals surface area contributed by atoms with Crippen molar-refractivity contribution in [2.24, 2.45) is 5.92 Å². The molecule has 13 heteroatoms. The number of hydrazine groups is 1. The molecule has 0 aliphatic carbocycles. The number of carbonyl (C=O) groups is 4. The van der Waals surface area contributed by atoms with E-state index in [9.17, 15) is 24.3 Å². The molecule has 0 spiro atoms. The standard InChI is InChI=1S/C30H47N7O5S/c1-6-9-24(10-8-11-26(39)32-17-23-12-14-31-15-13-23)37(36-21(4)7-2)28(35-30(41)42)25(18-38)34-29(40)20(3)16-27-33-22(5)19-43-27/h12-15,18-21,24-25,28,35-36H,6-11,16-17H2,1-5H3,(H,32,39)(H,34,40)(H,41,42). The second-order valence-electron chi connectivity index (χ2n) is 10.9. The molecule has 2 rings (SSSR count). The SMILES string of the molecule is CCCC(CCCC(=O)NCc1ccncc1)N(NC(C)CC)C(NC(=O)O)C(C=O)NC(=O)C(C)Cc1nc(C)cs1. The first kappa shape index (κ1) is 35.8. The molecule has 0 aliphatic heterocycles. The van der Waals surface area contributed by atoms with Crippen LogP contribution in [-0.4, -0.2) is 68.6 Å². The molecule has 2 heterocycles. The third-order valence-electron chi connectivity index (χ3n) is 7.14. The van der Waals surface area contributed by atoms with Crippen LogP contribution in [0.15, 0.2) is 29.9 Å². The second-order valence-corrected chi connectivity index (χ2v) is 11.8. The molecule has 0 aliphatic rings. The average Bonchev–Trinajstić information content (AvgIpc) is 3.40. The van der Waals surface area contributed by atoms with Gasteiger partial charge in [0.05, 0.1) is 5.01 Å². The first-order chi connectivity index (χ1) is 20.6. The largest absolute Gasteiger partial charge is 0.465 e. The van der Waals surface area contributed by atoms with Crippen LogP contribution in [0.3, 0.4) is 0 Å². The number of nitrogens with zero attached hydrogens (tertiary/aromatic N) is 3. The lowest BCUT2D eigenvalue weighted by Gasteiger charge is -2.42. The number of hydrogen-bond donors (Lipinski definition) is 5. The van der Waals surface area contributed by atoms with Gasteiger partial charge in [0.15, 0.2) is 0 Å². The monoisotopic (exact) mass is 617 g/mol. The van der Waals surface area contributed by atoms with E-state index in [1.807, 2.05) is 45.2 Å². The number of hydrogen-bond acceptors (Lipinski definition) is 9. The highest BCUT2D eigenvalue weighted by molar-refractivity contribution is 7.09. The topological polar surface area (TPSA) is 166 Å². The predicted octanol–water partition coefficient (Wildman–Crippen LogP) is 3.56. The molecule has 238 valence electrons. The third kappa shape index (κ3) is 12.8. The molecule has 0 fully saturated rings. The lowest BCUT2D eigenvalue weighted by atomic mass is 10.0. The Bertz CT molecular complexity index is 1150. The Labute approximate surface area is 258 Å². The Balaban J connectivity index is 2.18. The highest BCUT2D eigenvalue weighted by atomic mass is 32.1. The number of pyridine rings is 1. The molecule has 5 unspecified atom stereocenters. The van der Waals surface area contributed by atoms with E-state index in [4.69, 9.17) is 0 Å². The van der Waals surface area contributed by atoms with Crippen molar-refractivity contribution in [2.75, 3.05) is 0 Å². The summed E-state index contributed by atoms with van der Waals surface area (Å²) in [6, 6.07) is 2.25. The van der Waals surface area contributed by atoms with Gasteiger partial charge in [0.1, 0.15) is 18.5 Å². The summed E-state index contributed by atoms with van der Waals surface area (Å²) in [5, 5.41) is 22.4. The molecule has 5 N–H and O–H groups in total. The maximum atomic E-state index is 13.2. The molecule has 2 aromatic heterocycles. The van der Waals surface area contributed by atoms with Gasteiger partial charge >= 0.3 is 6.09 Å². The second kappa shape index (κ2) is 19.0. The fourth-order valence-electron chi connectivity index (χ4n) is 4.61. The van der Waals surface area contributed by atoms with Gasteiger partial charge in [-0.3, -0.25) is 20.0 Å². The molecule has 0 aromatic carbocycles. The van der Waals surface area contributed by atoms with Crippen molar-refractivity contribution in [3.63, 3.8) is 0 Å². The minimum Gasteiger partial charge on any atom is -0.465 e. The van der Waals surface area contributed by atoms with Crippen LogP contribution in [0.4, 0.5) is 4.79 Å². The number of aldehydes is 1. The van der Waals surface area contributed by atoms with Crippen molar-refractivity contribution >= 4 is 35.5 Å². The number of carboxylic acid groups (broad SMARTS) is 1. The summed E-state index contributed by atoms with van der Waals surface area (Å²) in [5.41, 5.74) is 5.22. The molecule has 0 saturated heterocycles. The maximum absolute atomic E-state index is 13.2. The normalized spacial score (nSPS) is 14.7. The fraction of sp³-hybridized carbons (Fsp3) is 0.600. The van der Waals surface area contributed by atoms with Gasteiger partial charge in [-0.05, 0) is 57.2 Å². The molecule has 2 aromatic rings. The predicted molar refractivity (Wildman–Crippen MR) is 166 cm³/mol. The van der Waals surface area contributed by atoms with Crippen molar-refractivity contribution < 1.29 is 24.3 Å². The van der Waals surface area contributed by atoms with Gasteiger partial charge in [-0.25, -0.2) is 14.8 Å². The maximum Gasteiger partial charge on any atom is 0.406 e. The highest BCUT2D eigenvalue weighted by Crippen LogP contribution is 2.19. The summed E-state index contributed by atoms with van der Waals surface area (Å²) in [5.74, 6) is -0.939. The molecule has 0 radical (unpaired) electrons. The van der Waals surface area contributed by atoms with Crippen LogP contribution in [0.5, 0.6) is 0 Å². The number of nitrogens with one attached hydrogen (secondary N) is 4. The Morgan fingerprint density at radius 3 is 2.42 bits per heavy atom. The molecule has 3 amide bonds. The van der Waals surface area contributed by atoms with Gasteiger partial charge in [0.25, 0.3) is 0 Å². The van der Waals surface area contributed by atoms with Crippen molar-refractivity contribution in [3.05, 3.63) is 46.2 Å². The van der Waals surface area contributed by atoms with Crippen molar-refractivity contribution in [1.29, 1.82) is 0 Å². The van der Waals surface area contributed by atoms with Gasteiger partial charge in [-0.2, -0.15) is 0 Å². The van der Waals surface area contributed by atoms with E-state index in [-0.39, 0.29) is 23.9 Å². The molecule has 0 bridgehead atoms. The van der Waals surface area contributed by atoms with Crippen LogP contribution in [0.25, 0.3) is 0 Å². The van der Waals surface area contributed by atoms with E-state index in [0.717, 1.165) is 29.1 Å². The Morgan fingerprint density at radius 1 is 1.12 bits per heavy atom. The number of aryl methyl sites for hydroxylation is 1. The zero-order valence-corrected chi connectivity index (χ0v) is 26.7. The molecule has 12 nitrogen and oxygen atoms in total. The third-order valence-corrected chi connectivity index (χ3v) is 8.13. The molecule has 0 saturated carbocycles. The van der Waals surface area contributed by atoms with Gasteiger partial charge < -0.3 is 25.9 Å². The average molecular weight is 618 g/mol. The number of thiazole rings is 1. The number of aromatic nitrogens is 2. The fourth-order valence-corrected chi connectivity index (χ4v) is 5.51. The first-order valence-corrected chi connectivity index (χ1v) is 15.8. The zero-order chi connectivity index (χ0) is 31.8. The van der Waals surface area contributed by atoms with Crippen molar-refractivity contribution in [1.82, 2.24) is 36.4 Å². The quantitative estimate of drug-likeness (QED) is 0.0848. The molecule has 43 heavy (non-hydrogen) atoms. The van der Waals surface area contributed by atoms with Crippen LogP contribution in [0.2, 0.25) is 0 Å². The van der Waals surface area contributed by atoms with Crippen LogP contribution in [0, 0.1) is 12.8 Å². The van der Waals surface area contributed by atoms with Crippen molar-refractivity contribution in [2.45, 2.75) is 110 Å². The van der Waals surface area contributed by atoms with Crippen LogP contribution >= 0.6 is 11.3 Å². The highest BCUT2D eigenvalue weighted by Gasteiger charge is 2.35. The zero-order valence-electron chi connectivity index (χ0n) is 25.8. The van der Waals surface area contributed by atoms with Gasteiger partial charge in [0, 0.05) is 60.9 Å². The van der Waals surface area contributed by atoms with Crippen LogP contribution in [0.1, 0.15) is 82.5 Å². The Kier molecular flexibility index (Phi) is 15.8. The minimum absolute atomic E-state index is 0.0452. The van der Waals surface area contributed by atoms with E-state index in [0.29, 0.717) is 44.9 Å². The van der Waals surface area contributed by atoms with Crippen LogP contribution < -0.4 is 21.4 Å². The van der Waals surface area contributed by atoms with Crippen molar-refractivity contribution in [3.8, 4) is 0 Å². The number of rotatable bonds is 20. The van der Waals surface area contributed by atoms with E-state index >= 15 is 0 Å². The molecular formula is C30H47N7O5S. The minimum atomic E-state index is -1.32. The van der Waals surface area contributed by atoms with Gasteiger partial charge in [-0.1, -0.05) is 27.2 Å². The van der Waals surface area contributed by atoms with E-state index in [1.165, 1.54) is 11.3 Å². The number of amides is 3.